The SMILES string of the molecule is CCOC(=O)C1c2ccccc2Sc2ccccc21. The van der Waals surface area contributed by atoms with Crippen LogP contribution in [0.2, 0.25) is 0 Å². The fourth-order valence-corrected chi connectivity index (χ4v) is 3.53. The van der Waals surface area contributed by atoms with Crippen LogP contribution >= 0.6 is 11.8 Å². The molecule has 0 atom stereocenters. The van der Waals surface area contributed by atoms with Crippen molar-refractivity contribution >= 4 is 17.7 Å². The molecule has 0 spiro atoms. The van der Waals surface area contributed by atoms with Gasteiger partial charge in [-0.15, -0.1) is 0 Å². The number of carbonyl (C=O) groups is 1. The van der Waals surface area contributed by atoms with Crippen LogP contribution in [0.3, 0.4) is 0 Å². The number of benzene rings is 2. The monoisotopic (exact) mass is 270 g/mol. The van der Waals surface area contributed by atoms with Crippen LogP contribution in [0, 0.1) is 0 Å². The Morgan fingerprint density at radius 3 is 2.11 bits per heavy atom. The highest BCUT2D eigenvalue weighted by molar-refractivity contribution is 7.99. The normalized spacial score (nSPS) is 13.5. The quantitative estimate of drug-likeness (QED) is 0.775. The summed E-state index contributed by atoms with van der Waals surface area (Å²) >= 11 is 1.71. The predicted octanol–water partition coefficient (Wildman–Crippen LogP) is 3.85. The van der Waals surface area contributed by atoms with E-state index in [0.29, 0.717) is 6.61 Å². The van der Waals surface area contributed by atoms with Gasteiger partial charge in [0.2, 0.25) is 0 Å². The van der Waals surface area contributed by atoms with Gasteiger partial charge < -0.3 is 4.74 Å². The molecule has 0 radical (unpaired) electrons. The zero-order valence-corrected chi connectivity index (χ0v) is 11.4. The largest absolute Gasteiger partial charge is 0.465 e. The number of rotatable bonds is 2. The highest BCUT2D eigenvalue weighted by atomic mass is 32.2. The molecule has 0 saturated carbocycles. The molecule has 2 aromatic carbocycles. The lowest BCUT2D eigenvalue weighted by Crippen LogP contribution is -2.20. The molecule has 96 valence electrons. The first-order valence-corrected chi connectivity index (χ1v) is 7.15. The maximum atomic E-state index is 12.3. The molecule has 3 heteroatoms. The first-order chi connectivity index (χ1) is 9.31. The van der Waals surface area contributed by atoms with E-state index in [2.05, 4.69) is 12.1 Å². The van der Waals surface area contributed by atoms with Gasteiger partial charge in [0.25, 0.3) is 0 Å². The second kappa shape index (κ2) is 5.10. The topological polar surface area (TPSA) is 26.3 Å². The molecule has 2 nitrogen and oxygen atoms in total. The highest BCUT2D eigenvalue weighted by Gasteiger charge is 2.32. The van der Waals surface area contributed by atoms with Crippen molar-refractivity contribution in [1.82, 2.24) is 0 Å². The van der Waals surface area contributed by atoms with Crippen LogP contribution in [-0.4, -0.2) is 12.6 Å². The molecule has 1 heterocycles. The summed E-state index contributed by atoms with van der Waals surface area (Å²) < 4.78 is 5.25. The molecule has 1 aliphatic rings. The maximum absolute atomic E-state index is 12.3. The van der Waals surface area contributed by atoms with Crippen molar-refractivity contribution in [2.24, 2.45) is 0 Å². The van der Waals surface area contributed by atoms with E-state index in [-0.39, 0.29) is 11.9 Å². The van der Waals surface area contributed by atoms with Crippen LogP contribution in [0.4, 0.5) is 0 Å². The van der Waals surface area contributed by atoms with Gasteiger partial charge in [-0.05, 0) is 30.2 Å². The van der Waals surface area contributed by atoms with Gasteiger partial charge in [0.05, 0.1) is 6.61 Å². The van der Waals surface area contributed by atoms with Crippen molar-refractivity contribution in [3.05, 3.63) is 59.7 Å². The Morgan fingerprint density at radius 1 is 1.05 bits per heavy atom. The zero-order chi connectivity index (χ0) is 13.2. The summed E-state index contributed by atoms with van der Waals surface area (Å²) in [5, 5.41) is 0. The first-order valence-electron chi connectivity index (χ1n) is 6.33. The average molecular weight is 270 g/mol. The van der Waals surface area contributed by atoms with Gasteiger partial charge in [-0.3, -0.25) is 4.79 Å². The number of hydrogen-bond acceptors (Lipinski definition) is 3. The molecule has 3 rings (SSSR count). The Hall–Kier alpha value is -1.74. The molecule has 0 unspecified atom stereocenters. The lowest BCUT2D eigenvalue weighted by Gasteiger charge is -2.26. The van der Waals surface area contributed by atoms with Gasteiger partial charge in [0, 0.05) is 9.79 Å². The third-order valence-electron chi connectivity index (χ3n) is 3.20. The van der Waals surface area contributed by atoms with E-state index < -0.39 is 0 Å². The van der Waals surface area contributed by atoms with E-state index in [1.165, 1.54) is 0 Å². The second-order valence-corrected chi connectivity index (χ2v) is 5.45. The molecule has 1 aliphatic heterocycles. The first kappa shape index (κ1) is 12.3. The van der Waals surface area contributed by atoms with Gasteiger partial charge in [0.1, 0.15) is 5.92 Å². The highest BCUT2D eigenvalue weighted by Crippen LogP contribution is 2.45. The molecule has 0 bridgehead atoms. The second-order valence-electron chi connectivity index (χ2n) is 4.36. The fourth-order valence-electron chi connectivity index (χ4n) is 2.39. The van der Waals surface area contributed by atoms with Gasteiger partial charge in [-0.1, -0.05) is 48.2 Å². The Morgan fingerprint density at radius 2 is 1.58 bits per heavy atom. The molecular weight excluding hydrogens is 256 g/mol. The van der Waals surface area contributed by atoms with Gasteiger partial charge in [0.15, 0.2) is 0 Å². The van der Waals surface area contributed by atoms with Crippen molar-refractivity contribution < 1.29 is 9.53 Å². The van der Waals surface area contributed by atoms with E-state index in [0.717, 1.165) is 20.9 Å². The maximum Gasteiger partial charge on any atom is 0.317 e. The van der Waals surface area contributed by atoms with Gasteiger partial charge >= 0.3 is 5.97 Å². The molecule has 0 aromatic heterocycles. The number of hydrogen-bond donors (Lipinski definition) is 0. The predicted molar refractivity (Wildman–Crippen MR) is 75.5 cm³/mol. The van der Waals surface area contributed by atoms with Crippen LogP contribution in [0.1, 0.15) is 24.0 Å². The minimum absolute atomic E-state index is 0.164. The van der Waals surface area contributed by atoms with Crippen molar-refractivity contribution in [2.45, 2.75) is 22.6 Å². The Kier molecular flexibility index (Phi) is 3.30. The molecule has 2 aromatic rings. The number of carbonyl (C=O) groups excluding carboxylic acids is 1. The Bertz CT molecular complexity index is 576. The number of esters is 1. The summed E-state index contributed by atoms with van der Waals surface area (Å²) in [5.41, 5.74) is 2.09. The van der Waals surface area contributed by atoms with Crippen LogP contribution in [0.25, 0.3) is 0 Å². The molecule has 0 N–H and O–H groups in total. The lowest BCUT2D eigenvalue weighted by atomic mass is 9.91. The summed E-state index contributed by atoms with van der Waals surface area (Å²) in [4.78, 5) is 14.6. The summed E-state index contributed by atoms with van der Waals surface area (Å²) in [6.45, 7) is 2.25. The van der Waals surface area contributed by atoms with Gasteiger partial charge in [-0.25, -0.2) is 0 Å². The Labute approximate surface area is 116 Å². The fraction of sp³-hybridized carbons (Fsp3) is 0.188. The molecule has 0 aliphatic carbocycles. The molecule has 0 fully saturated rings. The summed E-state index contributed by atoms with van der Waals surface area (Å²) in [6, 6.07) is 16.1. The van der Waals surface area contributed by atoms with Crippen LogP contribution in [0.5, 0.6) is 0 Å². The minimum Gasteiger partial charge on any atom is -0.465 e. The van der Waals surface area contributed by atoms with Crippen molar-refractivity contribution in [3.8, 4) is 0 Å². The van der Waals surface area contributed by atoms with E-state index in [1.807, 2.05) is 43.3 Å². The summed E-state index contributed by atoms with van der Waals surface area (Å²) in [5.74, 6) is -0.462. The van der Waals surface area contributed by atoms with E-state index in [9.17, 15) is 4.79 Å². The molecular formula is C16H14O2S. The van der Waals surface area contributed by atoms with Crippen LogP contribution in [-0.2, 0) is 9.53 Å². The zero-order valence-electron chi connectivity index (χ0n) is 10.6. The van der Waals surface area contributed by atoms with Gasteiger partial charge in [-0.2, -0.15) is 0 Å². The molecule has 19 heavy (non-hydrogen) atoms. The van der Waals surface area contributed by atoms with Crippen molar-refractivity contribution in [3.63, 3.8) is 0 Å². The van der Waals surface area contributed by atoms with E-state index >= 15 is 0 Å². The average Bonchev–Trinajstić information content (AvgIpc) is 2.44. The van der Waals surface area contributed by atoms with E-state index in [1.54, 1.807) is 11.8 Å². The Balaban J connectivity index is 2.14. The standard InChI is InChI=1S/C16H14O2S/c1-2-18-16(17)15-11-7-3-5-9-13(11)19-14-10-6-4-8-12(14)15/h3-10,15H,2H2,1H3. The summed E-state index contributed by atoms with van der Waals surface area (Å²) in [6.07, 6.45) is 0. The van der Waals surface area contributed by atoms with Crippen molar-refractivity contribution in [1.29, 1.82) is 0 Å². The van der Waals surface area contributed by atoms with Crippen LogP contribution in [0.15, 0.2) is 58.3 Å². The minimum atomic E-state index is -0.298. The molecule has 0 saturated heterocycles. The third kappa shape index (κ3) is 2.15. The van der Waals surface area contributed by atoms with Crippen LogP contribution < -0.4 is 0 Å². The number of ether oxygens (including phenoxy) is 1. The number of fused-ring (bicyclic) bond motifs is 2. The summed E-state index contributed by atoms with van der Waals surface area (Å²) in [7, 11) is 0. The smallest absolute Gasteiger partial charge is 0.317 e. The molecule has 0 amide bonds. The third-order valence-corrected chi connectivity index (χ3v) is 4.39. The van der Waals surface area contributed by atoms with E-state index in [4.69, 9.17) is 4.74 Å². The van der Waals surface area contributed by atoms with Crippen molar-refractivity contribution in [2.75, 3.05) is 6.61 Å². The lowest BCUT2D eigenvalue weighted by molar-refractivity contribution is -0.144.